The second-order valence-electron chi connectivity index (χ2n) is 4.54. The van der Waals surface area contributed by atoms with Crippen molar-refractivity contribution in [3.05, 3.63) is 52.2 Å². The first-order valence-corrected chi connectivity index (χ1v) is 7.25. The summed E-state index contributed by atoms with van der Waals surface area (Å²) in [5.74, 6) is 0.814. The first-order valence-electron chi connectivity index (χ1n) is 6.37. The predicted molar refractivity (Wildman–Crippen MR) is 75.6 cm³/mol. The first-order chi connectivity index (χ1) is 9.33. The van der Waals surface area contributed by atoms with Crippen LogP contribution in [0.1, 0.15) is 10.4 Å². The molecule has 98 valence electrons. The summed E-state index contributed by atoms with van der Waals surface area (Å²) >= 11 is 1.71. The Bertz CT molecular complexity index is 540. The summed E-state index contributed by atoms with van der Waals surface area (Å²) in [6.07, 6.45) is 1.17. The Kier molecular flexibility index (Phi) is 3.51. The number of fused-ring (bicyclic) bond motifs is 1. The number of hydrogen-bond donors (Lipinski definition) is 1. The van der Waals surface area contributed by atoms with Crippen molar-refractivity contribution in [1.82, 2.24) is 5.32 Å². The van der Waals surface area contributed by atoms with Gasteiger partial charge in [-0.05, 0) is 29.5 Å². The zero-order chi connectivity index (χ0) is 13.1. The zero-order valence-corrected chi connectivity index (χ0v) is 11.3. The van der Waals surface area contributed by atoms with Crippen LogP contribution in [-0.4, -0.2) is 18.6 Å². The van der Waals surface area contributed by atoms with Gasteiger partial charge in [-0.25, -0.2) is 0 Å². The molecule has 4 heteroatoms. The minimum absolute atomic E-state index is 0.0206. The van der Waals surface area contributed by atoms with Gasteiger partial charge in [-0.15, -0.1) is 11.3 Å². The Morgan fingerprint density at radius 1 is 1.32 bits per heavy atom. The molecule has 1 aromatic carbocycles. The van der Waals surface area contributed by atoms with Crippen molar-refractivity contribution in [2.45, 2.75) is 18.9 Å². The van der Waals surface area contributed by atoms with E-state index in [1.807, 2.05) is 35.7 Å². The first kappa shape index (κ1) is 12.2. The molecule has 3 rings (SSSR count). The summed E-state index contributed by atoms with van der Waals surface area (Å²) in [5, 5.41) is 4.99. The van der Waals surface area contributed by atoms with Crippen LogP contribution < -0.4 is 10.1 Å². The van der Waals surface area contributed by atoms with E-state index in [4.69, 9.17) is 4.74 Å². The van der Waals surface area contributed by atoms with E-state index in [0.717, 1.165) is 17.7 Å². The van der Waals surface area contributed by atoms with Crippen LogP contribution in [0.15, 0.2) is 41.8 Å². The molecule has 1 aliphatic rings. The molecule has 1 amide bonds. The molecular formula is C15H15NO2S. The van der Waals surface area contributed by atoms with Crippen LogP contribution in [0.3, 0.4) is 0 Å². The van der Waals surface area contributed by atoms with E-state index in [0.29, 0.717) is 13.0 Å². The molecule has 19 heavy (non-hydrogen) atoms. The Morgan fingerprint density at radius 2 is 2.21 bits per heavy atom. The average Bonchev–Trinajstić information content (AvgIpc) is 3.07. The second-order valence-corrected chi connectivity index (χ2v) is 5.57. The third kappa shape index (κ3) is 2.79. The smallest absolute Gasteiger partial charge is 0.261 e. The van der Waals surface area contributed by atoms with Crippen molar-refractivity contribution in [1.29, 1.82) is 0 Å². The van der Waals surface area contributed by atoms with Gasteiger partial charge in [-0.1, -0.05) is 24.3 Å². The number of hydrogen-bond acceptors (Lipinski definition) is 3. The number of benzene rings is 1. The van der Waals surface area contributed by atoms with Gasteiger partial charge in [0.1, 0.15) is 5.75 Å². The fraction of sp³-hybridized carbons (Fsp3) is 0.267. The molecule has 1 aromatic heterocycles. The minimum Gasteiger partial charge on any atom is -0.480 e. The highest BCUT2D eigenvalue weighted by Crippen LogP contribution is 2.28. The topological polar surface area (TPSA) is 38.3 Å². The van der Waals surface area contributed by atoms with Gasteiger partial charge in [0, 0.05) is 17.8 Å². The van der Waals surface area contributed by atoms with Crippen LogP contribution in [0.2, 0.25) is 0 Å². The number of ether oxygens (including phenoxy) is 1. The van der Waals surface area contributed by atoms with E-state index in [1.54, 1.807) is 11.3 Å². The summed E-state index contributed by atoms with van der Waals surface area (Å²) in [4.78, 5) is 13.3. The highest BCUT2D eigenvalue weighted by atomic mass is 32.1. The fourth-order valence-electron chi connectivity index (χ4n) is 2.21. The molecule has 0 radical (unpaired) electrons. The largest absolute Gasteiger partial charge is 0.480 e. The lowest BCUT2D eigenvalue weighted by Gasteiger charge is -2.10. The summed E-state index contributed by atoms with van der Waals surface area (Å²) in [6.45, 7) is 0.662. The Balaban J connectivity index is 1.50. The third-order valence-electron chi connectivity index (χ3n) is 3.19. The predicted octanol–water partition coefficient (Wildman–Crippen LogP) is 2.41. The number of carbonyl (C=O) groups is 1. The quantitative estimate of drug-likeness (QED) is 0.929. The lowest BCUT2D eigenvalue weighted by Crippen LogP contribution is -2.38. The summed E-state index contributed by atoms with van der Waals surface area (Å²) in [5.41, 5.74) is 1.11. The van der Waals surface area contributed by atoms with Gasteiger partial charge in [-0.3, -0.25) is 4.79 Å². The van der Waals surface area contributed by atoms with Gasteiger partial charge >= 0.3 is 0 Å². The van der Waals surface area contributed by atoms with Crippen molar-refractivity contribution < 1.29 is 9.53 Å². The highest BCUT2D eigenvalue weighted by Gasteiger charge is 2.28. The van der Waals surface area contributed by atoms with Crippen molar-refractivity contribution in [3.63, 3.8) is 0 Å². The molecule has 0 saturated carbocycles. The van der Waals surface area contributed by atoms with Crippen molar-refractivity contribution in [2.75, 3.05) is 6.54 Å². The Hall–Kier alpha value is -1.81. The molecule has 0 bridgehead atoms. The number of rotatable bonds is 4. The van der Waals surface area contributed by atoms with E-state index >= 15 is 0 Å². The van der Waals surface area contributed by atoms with Gasteiger partial charge in [0.05, 0.1) is 0 Å². The van der Waals surface area contributed by atoms with E-state index in [9.17, 15) is 4.79 Å². The molecule has 2 aromatic rings. The summed E-state index contributed by atoms with van der Waals surface area (Å²) in [7, 11) is 0. The summed E-state index contributed by atoms with van der Waals surface area (Å²) < 4.78 is 5.65. The molecule has 0 fully saturated rings. The lowest BCUT2D eigenvalue weighted by molar-refractivity contribution is -0.127. The van der Waals surface area contributed by atoms with E-state index in [-0.39, 0.29) is 12.0 Å². The van der Waals surface area contributed by atoms with Gasteiger partial charge in [0.2, 0.25) is 0 Å². The Labute approximate surface area is 116 Å². The molecule has 1 N–H and O–H groups in total. The maximum Gasteiger partial charge on any atom is 0.261 e. The third-order valence-corrected chi connectivity index (χ3v) is 4.13. The normalized spacial score (nSPS) is 16.7. The molecule has 0 aliphatic carbocycles. The maximum atomic E-state index is 12.0. The zero-order valence-electron chi connectivity index (χ0n) is 10.5. The fourth-order valence-corrected chi connectivity index (χ4v) is 2.91. The lowest BCUT2D eigenvalue weighted by atomic mass is 10.1. The second kappa shape index (κ2) is 5.45. The highest BCUT2D eigenvalue weighted by molar-refractivity contribution is 7.09. The van der Waals surface area contributed by atoms with Crippen LogP contribution in [0.25, 0.3) is 0 Å². The van der Waals surface area contributed by atoms with Gasteiger partial charge in [0.15, 0.2) is 6.10 Å². The van der Waals surface area contributed by atoms with Crippen LogP contribution in [-0.2, 0) is 17.6 Å². The number of para-hydroxylation sites is 1. The van der Waals surface area contributed by atoms with Gasteiger partial charge < -0.3 is 10.1 Å². The average molecular weight is 273 g/mol. The molecule has 1 atom stereocenters. The van der Waals surface area contributed by atoms with E-state index in [2.05, 4.69) is 11.4 Å². The standard InChI is InChI=1S/C15H15NO2S/c17-15(16-8-7-12-5-3-9-19-12)14-10-11-4-1-2-6-13(11)18-14/h1-6,9,14H,7-8,10H2,(H,16,17). The number of amides is 1. The van der Waals surface area contributed by atoms with Crippen LogP contribution in [0, 0.1) is 0 Å². The monoisotopic (exact) mass is 273 g/mol. The van der Waals surface area contributed by atoms with Crippen LogP contribution in [0.4, 0.5) is 0 Å². The molecular weight excluding hydrogens is 258 g/mol. The van der Waals surface area contributed by atoms with Crippen molar-refractivity contribution >= 4 is 17.2 Å². The summed E-state index contributed by atoms with van der Waals surface area (Å²) in [6, 6.07) is 11.9. The Morgan fingerprint density at radius 3 is 3.00 bits per heavy atom. The molecule has 0 saturated heterocycles. The van der Waals surface area contributed by atoms with Gasteiger partial charge in [-0.2, -0.15) is 0 Å². The number of thiophene rings is 1. The van der Waals surface area contributed by atoms with Crippen molar-refractivity contribution in [2.24, 2.45) is 0 Å². The van der Waals surface area contributed by atoms with Crippen molar-refractivity contribution in [3.8, 4) is 5.75 Å². The number of carbonyl (C=O) groups excluding carboxylic acids is 1. The molecule has 1 aliphatic heterocycles. The molecule has 2 heterocycles. The van der Waals surface area contributed by atoms with E-state index < -0.39 is 0 Å². The molecule has 3 nitrogen and oxygen atoms in total. The SMILES string of the molecule is O=C(NCCc1cccs1)C1Cc2ccccc2O1. The molecule has 0 spiro atoms. The van der Waals surface area contributed by atoms with E-state index in [1.165, 1.54) is 4.88 Å². The van der Waals surface area contributed by atoms with Gasteiger partial charge in [0.25, 0.3) is 5.91 Å². The number of nitrogens with one attached hydrogen (secondary N) is 1. The van der Waals surface area contributed by atoms with Crippen LogP contribution in [0.5, 0.6) is 5.75 Å². The molecule has 1 unspecified atom stereocenters. The minimum atomic E-state index is -0.374. The maximum absolute atomic E-state index is 12.0. The van der Waals surface area contributed by atoms with Crippen LogP contribution >= 0.6 is 11.3 Å².